The van der Waals surface area contributed by atoms with Crippen molar-refractivity contribution in [2.75, 3.05) is 45.2 Å². The van der Waals surface area contributed by atoms with E-state index in [1.807, 2.05) is 9.80 Å². The van der Waals surface area contributed by atoms with Gasteiger partial charge >= 0.3 is 6.03 Å². The van der Waals surface area contributed by atoms with Crippen molar-refractivity contribution in [3.63, 3.8) is 0 Å². The van der Waals surface area contributed by atoms with E-state index in [0.717, 1.165) is 32.4 Å². The molecule has 1 aromatic rings. The third kappa shape index (κ3) is 4.21. The maximum Gasteiger partial charge on any atom is 0.319 e. The number of carbonyl (C=O) groups is 1. The summed E-state index contributed by atoms with van der Waals surface area (Å²) >= 11 is 0. The van der Waals surface area contributed by atoms with Crippen LogP contribution < -0.4 is 10.6 Å². The predicted molar refractivity (Wildman–Crippen MR) is 95.3 cm³/mol. The molecule has 2 aliphatic heterocycles. The molecular formula is C17H27FN6O2. The monoisotopic (exact) mass is 366 g/mol. The van der Waals surface area contributed by atoms with Crippen molar-refractivity contribution in [1.29, 1.82) is 0 Å². The summed E-state index contributed by atoms with van der Waals surface area (Å²) in [6.07, 6.45) is 4.96. The first-order chi connectivity index (χ1) is 12.5. The molecule has 26 heavy (non-hydrogen) atoms. The highest BCUT2D eigenvalue weighted by molar-refractivity contribution is 5.74. The summed E-state index contributed by atoms with van der Waals surface area (Å²) in [7, 11) is 3.49. The highest BCUT2D eigenvalue weighted by Crippen LogP contribution is 2.22. The van der Waals surface area contributed by atoms with Crippen LogP contribution in [0.5, 0.6) is 0 Å². The Balaban J connectivity index is 1.48. The van der Waals surface area contributed by atoms with E-state index < -0.39 is 5.82 Å². The van der Waals surface area contributed by atoms with Crippen LogP contribution >= 0.6 is 0 Å². The van der Waals surface area contributed by atoms with Crippen LogP contribution in [-0.2, 0) is 4.74 Å². The number of halogens is 1. The van der Waals surface area contributed by atoms with Gasteiger partial charge in [-0.1, -0.05) is 0 Å². The average Bonchev–Trinajstić information content (AvgIpc) is 3.01. The lowest BCUT2D eigenvalue weighted by atomic mass is 10.1. The lowest BCUT2D eigenvalue weighted by Crippen LogP contribution is -2.49. The smallest absolute Gasteiger partial charge is 0.319 e. The predicted octanol–water partition coefficient (Wildman–Crippen LogP) is 0.684. The van der Waals surface area contributed by atoms with Crippen LogP contribution in [0.4, 0.5) is 15.1 Å². The van der Waals surface area contributed by atoms with Gasteiger partial charge in [-0.05, 0) is 19.3 Å². The normalized spacial score (nSPS) is 24.2. The summed E-state index contributed by atoms with van der Waals surface area (Å²) < 4.78 is 19.0. The largest absolute Gasteiger partial charge is 0.376 e. The minimum atomic E-state index is -0.434. The van der Waals surface area contributed by atoms with Crippen molar-refractivity contribution in [2.45, 2.75) is 37.5 Å². The summed E-state index contributed by atoms with van der Waals surface area (Å²) in [4.78, 5) is 25.7. The van der Waals surface area contributed by atoms with Crippen molar-refractivity contribution < 1.29 is 13.9 Å². The van der Waals surface area contributed by atoms with Crippen LogP contribution in [0.2, 0.25) is 0 Å². The van der Waals surface area contributed by atoms with Gasteiger partial charge in [-0.3, -0.25) is 0 Å². The summed E-state index contributed by atoms with van der Waals surface area (Å²) in [5.74, 6) is 0.113. The first-order valence-electron chi connectivity index (χ1n) is 9.03. The van der Waals surface area contributed by atoms with E-state index in [-0.39, 0.29) is 24.2 Å². The molecule has 0 saturated carbocycles. The molecule has 2 saturated heterocycles. The standard InChI is InChI=1S/C17H27FN6O2/c1-22(2)17(25)24-8-5-14(19)15(24)11-26-13-3-6-23(7-4-13)16-20-9-12(18)10-21-16/h9-10,13-15H,3-8,11,19H2,1-2H3. The Morgan fingerprint density at radius 2 is 1.92 bits per heavy atom. The van der Waals surface area contributed by atoms with Gasteiger partial charge in [0.25, 0.3) is 0 Å². The van der Waals surface area contributed by atoms with E-state index in [1.54, 1.807) is 19.0 Å². The Morgan fingerprint density at radius 3 is 2.54 bits per heavy atom. The van der Waals surface area contributed by atoms with Crippen LogP contribution in [0, 0.1) is 5.82 Å². The second-order valence-electron chi connectivity index (χ2n) is 7.11. The topological polar surface area (TPSA) is 87.8 Å². The van der Waals surface area contributed by atoms with Crippen LogP contribution in [0.25, 0.3) is 0 Å². The highest BCUT2D eigenvalue weighted by atomic mass is 19.1. The van der Waals surface area contributed by atoms with Crippen molar-refractivity contribution in [3.8, 4) is 0 Å². The van der Waals surface area contributed by atoms with Crippen molar-refractivity contribution in [3.05, 3.63) is 18.2 Å². The average molecular weight is 366 g/mol. The quantitative estimate of drug-likeness (QED) is 0.843. The van der Waals surface area contributed by atoms with Gasteiger partial charge in [0.1, 0.15) is 0 Å². The molecule has 2 amide bonds. The van der Waals surface area contributed by atoms with E-state index >= 15 is 0 Å². The molecule has 3 rings (SSSR count). The highest BCUT2D eigenvalue weighted by Gasteiger charge is 2.36. The fraction of sp³-hybridized carbons (Fsp3) is 0.706. The van der Waals surface area contributed by atoms with Gasteiger partial charge in [0.2, 0.25) is 5.95 Å². The summed E-state index contributed by atoms with van der Waals surface area (Å²) in [6, 6.07) is -0.148. The second kappa shape index (κ2) is 8.13. The van der Waals surface area contributed by atoms with E-state index in [0.29, 0.717) is 19.1 Å². The minimum Gasteiger partial charge on any atom is -0.376 e. The number of nitrogens with two attached hydrogens (primary N) is 1. The van der Waals surface area contributed by atoms with Crippen molar-refractivity contribution in [1.82, 2.24) is 19.8 Å². The molecule has 2 N–H and O–H groups in total. The van der Waals surface area contributed by atoms with E-state index in [4.69, 9.17) is 10.5 Å². The molecule has 2 fully saturated rings. The SMILES string of the molecule is CN(C)C(=O)N1CCC(N)C1COC1CCN(c2ncc(F)cn2)CC1. The Morgan fingerprint density at radius 1 is 1.27 bits per heavy atom. The maximum absolute atomic E-state index is 12.9. The molecule has 0 spiro atoms. The molecular weight excluding hydrogens is 339 g/mol. The zero-order chi connectivity index (χ0) is 18.7. The van der Waals surface area contributed by atoms with E-state index in [9.17, 15) is 9.18 Å². The number of hydrogen-bond acceptors (Lipinski definition) is 6. The van der Waals surface area contributed by atoms with Gasteiger partial charge in [0.05, 0.1) is 31.1 Å². The Bertz CT molecular complexity index is 606. The molecule has 2 aliphatic rings. The molecule has 9 heteroatoms. The molecule has 8 nitrogen and oxygen atoms in total. The van der Waals surface area contributed by atoms with E-state index in [1.165, 1.54) is 12.4 Å². The fourth-order valence-electron chi connectivity index (χ4n) is 3.51. The van der Waals surface area contributed by atoms with Crippen LogP contribution in [0.15, 0.2) is 12.4 Å². The fourth-order valence-corrected chi connectivity index (χ4v) is 3.51. The number of carbonyl (C=O) groups excluding carboxylic acids is 1. The molecule has 2 unspecified atom stereocenters. The number of piperidine rings is 1. The molecule has 0 bridgehead atoms. The first-order valence-corrected chi connectivity index (χ1v) is 9.03. The number of ether oxygens (including phenoxy) is 1. The number of amides is 2. The molecule has 0 radical (unpaired) electrons. The molecule has 0 aliphatic carbocycles. The lowest BCUT2D eigenvalue weighted by Gasteiger charge is -2.34. The first kappa shape index (κ1) is 18.8. The Labute approximate surface area is 153 Å². The van der Waals surface area contributed by atoms with Crippen molar-refractivity contribution in [2.24, 2.45) is 5.73 Å². The van der Waals surface area contributed by atoms with Crippen LogP contribution in [0.1, 0.15) is 19.3 Å². The van der Waals surface area contributed by atoms with Crippen LogP contribution in [-0.4, -0.2) is 84.3 Å². The van der Waals surface area contributed by atoms with Gasteiger partial charge in [-0.15, -0.1) is 0 Å². The number of likely N-dealkylation sites (tertiary alicyclic amines) is 1. The molecule has 3 heterocycles. The zero-order valence-electron chi connectivity index (χ0n) is 15.3. The van der Waals surface area contributed by atoms with Crippen LogP contribution in [0.3, 0.4) is 0 Å². The molecule has 1 aromatic heterocycles. The number of rotatable bonds is 4. The number of hydrogen-bond donors (Lipinski definition) is 1. The van der Waals surface area contributed by atoms with Gasteiger partial charge in [0.15, 0.2) is 5.82 Å². The number of urea groups is 1. The van der Waals surface area contributed by atoms with Gasteiger partial charge < -0.3 is 25.2 Å². The number of anilines is 1. The lowest BCUT2D eigenvalue weighted by molar-refractivity contribution is 0.00786. The zero-order valence-corrected chi connectivity index (χ0v) is 15.3. The Kier molecular flexibility index (Phi) is 5.87. The third-order valence-corrected chi connectivity index (χ3v) is 5.06. The van der Waals surface area contributed by atoms with Crippen molar-refractivity contribution >= 4 is 12.0 Å². The van der Waals surface area contributed by atoms with Gasteiger partial charge in [-0.2, -0.15) is 0 Å². The molecule has 144 valence electrons. The maximum atomic E-state index is 12.9. The summed E-state index contributed by atoms with van der Waals surface area (Å²) in [5.41, 5.74) is 6.19. The third-order valence-electron chi connectivity index (χ3n) is 5.06. The van der Waals surface area contributed by atoms with Gasteiger partial charge in [-0.25, -0.2) is 19.2 Å². The molecule has 0 aromatic carbocycles. The Hall–Kier alpha value is -2.00. The summed E-state index contributed by atoms with van der Waals surface area (Å²) in [6.45, 7) is 2.64. The minimum absolute atomic E-state index is 0.0187. The van der Waals surface area contributed by atoms with E-state index in [2.05, 4.69) is 9.97 Å². The van der Waals surface area contributed by atoms with Gasteiger partial charge in [0, 0.05) is 39.8 Å². The molecule has 2 atom stereocenters. The number of aromatic nitrogens is 2. The number of nitrogens with zero attached hydrogens (tertiary/aromatic N) is 5. The second-order valence-corrected chi connectivity index (χ2v) is 7.11. The summed E-state index contributed by atoms with van der Waals surface area (Å²) in [5, 5.41) is 0.